The number of aliphatic hydroxyl groups is 1. The van der Waals surface area contributed by atoms with Crippen molar-refractivity contribution in [1.82, 2.24) is 0 Å². The first kappa shape index (κ1) is 18.7. The summed E-state index contributed by atoms with van der Waals surface area (Å²) in [5.41, 5.74) is 2.68. The van der Waals surface area contributed by atoms with E-state index < -0.39 is 6.10 Å². The highest BCUT2D eigenvalue weighted by Crippen LogP contribution is 2.22. The topological polar surface area (TPSA) is 73.6 Å². The van der Waals surface area contributed by atoms with Gasteiger partial charge in [-0.05, 0) is 30.7 Å². The molecule has 0 aliphatic rings. The molecule has 2 aromatic carbocycles. The van der Waals surface area contributed by atoms with Gasteiger partial charge in [0.05, 0.1) is 31.0 Å². The van der Waals surface area contributed by atoms with Crippen molar-refractivity contribution in [3.05, 3.63) is 65.2 Å². The van der Waals surface area contributed by atoms with Gasteiger partial charge in [-0.2, -0.15) is 5.26 Å². The maximum absolute atomic E-state index is 11.8. The van der Waals surface area contributed by atoms with Gasteiger partial charge < -0.3 is 14.7 Å². The third-order valence-electron chi connectivity index (χ3n) is 3.82. The Balaban J connectivity index is 1.95. The Morgan fingerprint density at radius 2 is 2.00 bits per heavy atom. The van der Waals surface area contributed by atoms with Gasteiger partial charge in [0, 0.05) is 24.8 Å². The summed E-state index contributed by atoms with van der Waals surface area (Å²) in [5, 5.41) is 19.3. The van der Waals surface area contributed by atoms with Crippen molar-refractivity contribution in [2.75, 3.05) is 25.1 Å². The van der Waals surface area contributed by atoms with E-state index >= 15 is 0 Å². The van der Waals surface area contributed by atoms with Crippen LogP contribution in [-0.2, 0) is 11.3 Å². The SMILES string of the molecule is CC(=O)c1ccc(C#N)cc1N(C)C[C@@H](O)COCc1ccccc1. The zero-order valence-electron chi connectivity index (χ0n) is 14.5. The molecule has 0 aliphatic heterocycles. The van der Waals surface area contributed by atoms with E-state index in [2.05, 4.69) is 6.07 Å². The summed E-state index contributed by atoms with van der Waals surface area (Å²) < 4.78 is 5.54. The summed E-state index contributed by atoms with van der Waals surface area (Å²) in [6, 6.07) is 16.7. The number of ether oxygens (including phenoxy) is 1. The van der Waals surface area contributed by atoms with E-state index in [0.717, 1.165) is 5.56 Å². The number of rotatable bonds is 8. The number of hydrogen-bond donors (Lipinski definition) is 1. The minimum Gasteiger partial charge on any atom is -0.389 e. The molecular formula is C20H22N2O3. The molecule has 0 amide bonds. The van der Waals surface area contributed by atoms with E-state index in [-0.39, 0.29) is 12.4 Å². The molecule has 0 spiro atoms. The molecule has 2 rings (SSSR count). The number of hydrogen-bond acceptors (Lipinski definition) is 5. The van der Waals surface area contributed by atoms with Crippen LogP contribution in [0.3, 0.4) is 0 Å². The lowest BCUT2D eigenvalue weighted by molar-refractivity contribution is 0.0324. The number of nitrogens with zero attached hydrogens (tertiary/aromatic N) is 2. The van der Waals surface area contributed by atoms with Crippen LogP contribution in [0.15, 0.2) is 48.5 Å². The van der Waals surface area contributed by atoms with E-state index in [0.29, 0.717) is 30.0 Å². The number of carbonyl (C=O) groups is 1. The molecule has 130 valence electrons. The predicted molar refractivity (Wildman–Crippen MR) is 96.5 cm³/mol. The van der Waals surface area contributed by atoms with Crippen molar-refractivity contribution in [2.24, 2.45) is 0 Å². The lowest BCUT2D eigenvalue weighted by Crippen LogP contribution is -2.33. The lowest BCUT2D eigenvalue weighted by atomic mass is 10.1. The first-order valence-corrected chi connectivity index (χ1v) is 8.07. The first-order valence-electron chi connectivity index (χ1n) is 8.07. The maximum atomic E-state index is 11.8. The fourth-order valence-corrected chi connectivity index (χ4v) is 2.57. The number of aliphatic hydroxyl groups excluding tert-OH is 1. The van der Waals surface area contributed by atoms with Crippen molar-refractivity contribution in [3.8, 4) is 6.07 Å². The minimum absolute atomic E-state index is 0.0823. The van der Waals surface area contributed by atoms with Crippen LogP contribution in [0.25, 0.3) is 0 Å². The number of anilines is 1. The second kappa shape index (κ2) is 8.97. The molecule has 0 aliphatic carbocycles. The van der Waals surface area contributed by atoms with E-state index in [9.17, 15) is 9.90 Å². The summed E-state index contributed by atoms with van der Waals surface area (Å²) in [5.74, 6) is -0.0823. The maximum Gasteiger partial charge on any atom is 0.161 e. The first-order chi connectivity index (χ1) is 12.0. The average molecular weight is 338 g/mol. The number of carbonyl (C=O) groups excluding carboxylic acids is 1. The van der Waals surface area contributed by atoms with Crippen LogP contribution in [0.2, 0.25) is 0 Å². The van der Waals surface area contributed by atoms with Gasteiger partial charge in [-0.3, -0.25) is 4.79 Å². The third kappa shape index (κ3) is 5.42. The van der Waals surface area contributed by atoms with Crippen LogP contribution >= 0.6 is 0 Å². The number of benzene rings is 2. The molecule has 0 fully saturated rings. The zero-order chi connectivity index (χ0) is 18.2. The van der Waals surface area contributed by atoms with Crippen LogP contribution in [0, 0.1) is 11.3 Å². The molecular weight excluding hydrogens is 316 g/mol. The van der Waals surface area contributed by atoms with E-state index in [1.807, 2.05) is 30.3 Å². The number of Topliss-reactive ketones (excluding diaryl/α,β-unsaturated/α-hetero) is 1. The standard InChI is InChI=1S/C20H22N2O3/c1-15(23)19-9-8-17(11-21)10-20(19)22(2)12-18(24)14-25-13-16-6-4-3-5-7-16/h3-10,18,24H,12-14H2,1-2H3/t18-/m1/s1. The Morgan fingerprint density at radius 1 is 1.28 bits per heavy atom. The normalized spacial score (nSPS) is 11.6. The smallest absolute Gasteiger partial charge is 0.161 e. The van der Waals surface area contributed by atoms with Crippen molar-refractivity contribution in [2.45, 2.75) is 19.6 Å². The van der Waals surface area contributed by atoms with Crippen molar-refractivity contribution in [1.29, 1.82) is 5.26 Å². The molecule has 0 unspecified atom stereocenters. The monoisotopic (exact) mass is 338 g/mol. The zero-order valence-corrected chi connectivity index (χ0v) is 14.5. The van der Waals surface area contributed by atoms with Gasteiger partial charge in [-0.25, -0.2) is 0 Å². The fourth-order valence-electron chi connectivity index (χ4n) is 2.57. The van der Waals surface area contributed by atoms with Gasteiger partial charge in [0.1, 0.15) is 0 Å². The Bertz CT molecular complexity index is 753. The molecule has 0 bridgehead atoms. The Morgan fingerprint density at radius 3 is 2.64 bits per heavy atom. The van der Waals surface area contributed by atoms with Crippen LogP contribution in [0.1, 0.15) is 28.4 Å². The molecule has 0 radical (unpaired) electrons. The molecule has 25 heavy (non-hydrogen) atoms. The van der Waals surface area contributed by atoms with E-state index in [1.54, 1.807) is 30.1 Å². The Kier molecular flexibility index (Phi) is 6.70. The van der Waals surface area contributed by atoms with Gasteiger partial charge in [-0.15, -0.1) is 0 Å². The highest BCUT2D eigenvalue weighted by molar-refractivity contribution is 6.00. The average Bonchev–Trinajstić information content (AvgIpc) is 2.61. The molecule has 5 heteroatoms. The molecule has 2 aromatic rings. The van der Waals surface area contributed by atoms with Crippen LogP contribution in [0.5, 0.6) is 0 Å². The molecule has 1 N–H and O–H groups in total. The number of ketones is 1. The van der Waals surface area contributed by atoms with Crippen LogP contribution < -0.4 is 4.90 Å². The lowest BCUT2D eigenvalue weighted by Gasteiger charge is -2.24. The van der Waals surface area contributed by atoms with Gasteiger partial charge in [-0.1, -0.05) is 30.3 Å². The van der Waals surface area contributed by atoms with Crippen molar-refractivity contribution in [3.63, 3.8) is 0 Å². The highest BCUT2D eigenvalue weighted by Gasteiger charge is 2.15. The largest absolute Gasteiger partial charge is 0.389 e. The second-order valence-corrected chi connectivity index (χ2v) is 5.93. The fraction of sp³-hybridized carbons (Fsp3) is 0.300. The van der Waals surface area contributed by atoms with Crippen LogP contribution in [0.4, 0.5) is 5.69 Å². The summed E-state index contributed by atoms with van der Waals surface area (Å²) >= 11 is 0. The van der Waals surface area contributed by atoms with Crippen molar-refractivity contribution < 1.29 is 14.6 Å². The van der Waals surface area contributed by atoms with Crippen molar-refractivity contribution >= 4 is 11.5 Å². The molecule has 0 aromatic heterocycles. The van der Waals surface area contributed by atoms with E-state index in [1.165, 1.54) is 6.92 Å². The van der Waals surface area contributed by atoms with Gasteiger partial charge in [0.2, 0.25) is 0 Å². The highest BCUT2D eigenvalue weighted by atomic mass is 16.5. The molecule has 0 saturated carbocycles. The molecule has 5 nitrogen and oxygen atoms in total. The summed E-state index contributed by atoms with van der Waals surface area (Å²) in [4.78, 5) is 13.6. The summed E-state index contributed by atoms with van der Waals surface area (Å²) in [7, 11) is 1.78. The van der Waals surface area contributed by atoms with E-state index in [4.69, 9.17) is 10.00 Å². The quantitative estimate of drug-likeness (QED) is 0.749. The van der Waals surface area contributed by atoms with Gasteiger partial charge >= 0.3 is 0 Å². The third-order valence-corrected chi connectivity index (χ3v) is 3.82. The predicted octanol–water partition coefficient (Wildman–Crippen LogP) is 2.77. The Labute approximate surface area is 148 Å². The van der Waals surface area contributed by atoms with Crippen LogP contribution in [-0.4, -0.2) is 37.2 Å². The van der Waals surface area contributed by atoms with Gasteiger partial charge in [0.25, 0.3) is 0 Å². The minimum atomic E-state index is -0.709. The summed E-state index contributed by atoms with van der Waals surface area (Å²) in [6.07, 6.45) is -0.709. The van der Waals surface area contributed by atoms with Gasteiger partial charge in [0.15, 0.2) is 5.78 Å². The number of nitriles is 1. The summed E-state index contributed by atoms with van der Waals surface area (Å²) in [6.45, 7) is 2.40. The molecule has 0 saturated heterocycles. The molecule has 1 atom stereocenters. The Hall–Kier alpha value is -2.68. The molecule has 0 heterocycles. The second-order valence-electron chi connectivity index (χ2n) is 5.93. The number of likely N-dealkylation sites (N-methyl/N-ethyl adjacent to an activating group) is 1.